The van der Waals surface area contributed by atoms with Crippen LogP contribution in [0, 0.1) is 0 Å². The Morgan fingerprint density at radius 1 is 0.500 bits per heavy atom. The maximum Gasteiger partial charge on any atom is 0.306 e. The van der Waals surface area contributed by atoms with Crippen molar-refractivity contribution in [3.63, 3.8) is 0 Å². The van der Waals surface area contributed by atoms with Gasteiger partial charge in [0.2, 0.25) is 0 Å². The number of carbonyl (C=O) groups is 2. The van der Waals surface area contributed by atoms with Gasteiger partial charge in [0.1, 0.15) is 6.61 Å². The molecule has 0 aromatic carbocycles. The second-order valence-corrected chi connectivity index (χ2v) is 13.4. The van der Waals surface area contributed by atoms with Crippen molar-refractivity contribution in [2.24, 2.45) is 0 Å². The van der Waals surface area contributed by atoms with Crippen LogP contribution in [0.3, 0.4) is 0 Å². The van der Waals surface area contributed by atoms with Gasteiger partial charge in [-0.1, -0.05) is 173 Å². The van der Waals surface area contributed by atoms with Gasteiger partial charge in [0, 0.05) is 12.8 Å². The van der Waals surface area contributed by atoms with Crippen molar-refractivity contribution in [2.75, 3.05) is 13.2 Å². The third-order valence-corrected chi connectivity index (χ3v) is 8.75. The van der Waals surface area contributed by atoms with E-state index in [1.54, 1.807) is 0 Å². The summed E-state index contributed by atoms with van der Waals surface area (Å²) in [6.07, 6.45) is 43.8. The number of aliphatic hydroxyl groups excluding tert-OH is 1. The molecule has 0 unspecified atom stereocenters. The molecular weight excluding hydrogens is 572 g/mol. The standard InChI is InChI=1S/C41H76O5/c1-3-5-7-9-11-13-15-17-18-19-20-21-22-24-26-28-30-32-34-36-41(44)46-39(37-42)38-45-40(43)35-33-31-29-27-25-23-16-14-12-10-8-6-4-2/h11,13,17-18,39,42H,3-10,12,14-16,19-38H2,1-2H3/b13-11+,18-17+/t39-/m0/s1. The van der Waals surface area contributed by atoms with Crippen molar-refractivity contribution in [2.45, 2.75) is 213 Å². The first-order valence-electron chi connectivity index (χ1n) is 19.9. The quantitative estimate of drug-likeness (QED) is 0.0416. The maximum absolute atomic E-state index is 12.2. The van der Waals surface area contributed by atoms with E-state index in [9.17, 15) is 14.7 Å². The SMILES string of the molecule is CCCCC/C=C/C/C=C/CCCCCCCCCCCC(=O)O[C@@H](CO)COC(=O)CCCCCCCCCCCCCCC. The number of carbonyl (C=O) groups excluding carboxylic acids is 2. The lowest BCUT2D eigenvalue weighted by atomic mass is 10.0. The largest absolute Gasteiger partial charge is 0.462 e. The molecule has 0 heterocycles. The molecule has 1 atom stereocenters. The van der Waals surface area contributed by atoms with E-state index in [0.29, 0.717) is 12.8 Å². The van der Waals surface area contributed by atoms with Gasteiger partial charge in [-0.2, -0.15) is 0 Å². The second kappa shape index (κ2) is 37.8. The first-order chi connectivity index (χ1) is 22.6. The lowest BCUT2D eigenvalue weighted by molar-refractivity contribution is -0.161. The van der Waals surface area contributed by atoms with Crippen LogP contribution in [0.5, 0.6) is 0 Å². The van der Waals surface area contributed by atoms with Crippen molar-refractivity contribution in [1.29, 1.82) is 0 Å². The second-order valence-electron chi connectivity index (χ2n) is 13.4. The van der Waals surface area contributed by atoms with Crippen molar-refractivity contribution < 1.29 is 24.2 Å². The Hall–Kier alpha value is -1.62. The molecule has 0 aliphatic heterocycles. The average Bonchev–Trinajstić information content (AvgIpc) is 3.06. The van der Waals surface area contributed by atoms with E-state index in [2.05, 4.69) is 38.2 Å². The van der Waals surface area contributed by atoms with E-state index in [1.165, 1.54) is 135 Å². The van der Waals surface area contributed by atoms with E-state index in [4.69, 9.17) is 9.47 Å². The number of hydrogen-bond acceptors (Lipinski definition) is 5. The topological polar surface area (TPSA) is 72.8 Å². The van der Waals surface area contributed by atoms with Gasteiger partial charge < -0.3 is 14.6 Å². The lowest BCUT2D eigenvalue weighted by Gasteiger charge is -2.15. The minimum atomic E-state index is -0.768. The highest BCUT2D eigenvalue weighted by Crippen LogP contribution is 2.14. The molecule has 270 valence electrons. The third kappa shape index (κ3) is 35.2. The fraction of sp³-hybridized carbons (Fsp3) is 0.854. The summed E-state index contributed by atoms with van der Waals surface area (Å²) in [6.45, 7) is 4.12. The summed E-state index contributed by atoms with van der Waals surface area (Å²) < 4.78 is 10.6. The van der Waals surface area contributed by atoms with Crippen LogP contribution >= 0.6 is 0 Å². The van der Waals surface area contributed by atoms with Gasteiger partial charge in [-0.05, 0) is 44.9 Å². The molecule has 0 fully saturated rings. The molecule has 5 heteroatoms. The van der Waals surface area contributed by atoms with Gasteiger partial charge in [0.05, 0.1) is 6.61 Å². The minimum absolute atomic E-state index is 0.0632. The monoisotopic (exact) mass is 649 g/mol. The van der Waals surface area contributed by atoms with Crippen molar-refractivity contribution in [3.8, 4) is 0 Å². The highest BCUT2D eigenvalue weighted by molar-refractivity contribution is 5.70. The zero-order valence-electron chi connectivity index (χ0n) is 30.6. The fourth-order valence-corrected chi connectivity index (χ4v) is 5.70. The normalized spacial score (nSPS) is 12.3. The summed E-state index contributed by atoms with van der Waals surface area (Å²) >= 11 is 0. The van der Waals surface area contributed by atoms with Crippen molar-refractivity contribution >= 4 is 11.9 Å². The summed E-state index contributed by atoms with van der Waals surface area (Å²) in [5.41, 5.74) is 0. The Morgan fingerprint density at radius 2 is 0.870 bits per heavy atom. The fourth-order valence-electron chi connectivity index (χ4n) is 5.70. The van der Waals surface area contributed by atoms with Crippen LogP contribution < -0.4 is 0 Å². The van der Waals surface area contributed by atoms with E-state index in [-0.39, 0.29) is 25.2 Å². The summed E-state index contributed by atoms with van der Waals surface area (Å²) in [4.78, 5) is 24.2. The minimum Gasteiger partial charge on any atom is -0.462 e. The number of esters is 2. The number of unbranched alkanes of at least 4 members (excludes halogenated alkanes) is 24. The highest BCUT2D eigenvalue weighted by atomic mass is 16.6. The van der Waals surface area contributed by atoms with Crippen LogP contribution in [0.4, 0.5) is 0 Å². The summed E-state index contributed by atoms with van der Waals surface area (Å²) in [6, 6.07) is 0. The maximum atomic E-state index is 12.2. The van der Waals surface area contributed by atoms with Crippen molar-refractivity contribution in [3.05, 3.63) is 24.3 Å². The molecule has 0 aromatic rings. The van der Waals surface area contributed by atoms with Crippen LogP contribution in [0.15, 0.2) is 24.3 Å². The zero-order chi connectivity index (χ0) is 33.6. The summed E-state index contributed by atoms with van der Waals surface area (Å²) in [5, 5.41) is 9.55. The molecule has 0 aromatic heterocycles. The Balaban J connectivity index is 3.53. The van der Waals surface area contributed by atoms with Gasteiger partial charge in [0.15, 0.2) is 6.10 Å². The van der Waals surface area contributed by atoms with Crippen LogP contribution in [-0.4, -0.2) is 36.4 Å². The molecule has 0 amide bonds. The molecule has 0 aliphatic carbocycles. The number of allylic oxidation sites excluding steroid dienone is 4. The first kappa shape index (κ1) is 44.4. The molecule has 0 spiro atoms. The van der Waals surface area contributed by atoms with Gasteiger partial charge >= 0.3 is 11.9 Å². The molecule has 0 saturated carbocycles. The van der Waals surface area contributed by atoms with E-state index < -0.39 is 6.10 Å². The predicted octanol–water partition coefficient (Wildman–Crippen LogP) is 12.3. The van der Waals surface area contributed by atoms with E-state index in [0.717, 1.165) is 44.9 Å². The third-order valence-electron chi connectivity index (χ3n) is 8.75. The van der Waals surface area contributed by atoms with Gasteiger partial charge in [-0.3, -0.25) is 9.59 Å². The molecule has 5 nitrogen and oxygen atoms in total. The molecule has 0 rings (SSSR count). The molecule has 0 saturated heterocycles. The summed E-state index contributed by atoms with van der Waals surface area (Å²) in [5.74, 6) is -0.588. The number of ether oxygens (including phenoxy) is 2. The number of aliphatic hydroxyl groups is 1. The zero-order valence-corrected chi connectivity index (χ0v) is 30.6. The Bertz CT molecular complexity index is 701. The molecule has 1 N–H and O–H groups in total. The van der Waals surface area contributed by atoms with Gasteiger partial charge in [0.25, 0.3) is 0 Å². The van der Waals surface area contributed by atoms with Gasteiger partial charge in [-0.25, -0.2) is 0 Å². The van der Waals surface area contributed by atoms with Crippen LogP contribution in [-0.2, 0) is 19.1 Å². The van der Waals surface area contributed by atoms with Crippen LogP contribution in [0.1, 0.15) is 206 Å². The number of hydrogen-bond donors (Lipinski definition) is 1. The molecule has 0 radical (unpaired) electrons. The summed E-state index contributed by atoms with van der Waals surface area (Å²) in [7, 11) is 0. The number of rotatable bonds is 36. The lowest BCUT2D eigenvalue weighted by Crippen LogP contribution is -2.28. The molecule has 46 heavy (non-hydrogen) atoms. The smallest absolute Gasteiger partial charge is 0.306 e. The van der Waals surface area contributed by atoms with Crippen molar-refractivity contribution in [1.82, 2.24) is 0 Å². The van der Waals surface area contributed by atoms with E-state index in [1.807, 2.05) is 0 Å². The van der Waals surface area contributed by atoms with Crippen LogP contribution in [0.2, 0.25) is 0 Å². The molecule has 0 bridgehead atoms. The Labute approximate surface area is 285 Å². The highest BCUT2D eigenvalue weighted by Gasteiger charge is 2.16. The average molecular weight is 649 g/mol. The van der Waals surface area contributed by atoms with E-state index >= 15 is 0 Å². The molecular formula is C41H76O5. The first-order valence-corrected chi connectivity index (χ1v) is 19.9. The predicted molar refractivity (Wildman–Crippen MR) is 196 cm³/mol. The van der Waals surface area contributed by atoms with Crippen LogP contribution in [0.25, 0.3) is 0 Å². The Kier molecular flexibility index (Phi) is 36.5. The van der Waals surface area contributed by atoms with Gasteiger partial charge in [-0.15, -0.1) is 0 Å². The Morgan fingerprint density at radius 3 is 1.33 bits per heavy atom. The molecule has 0 aliphatic rings.